The van der Waals surface area contributed by atoms with Gasteiger partial charge in [-0.25, -0.2) is 0 Å². The highest BCUT2D eigenvalue weighted by molar-refractivity contribution is 6.00. The first-order valence-corrected chi connectivity index (χ1v) is 17.2. The maximum atomic E-state index is 14.1. The van der Waals surface area contributed by atoms with Crippen molar-refractivity contribution in [2.24, 2.45) is 13.0 Å². The van der Waals surface area contributed by atoms with Crippen LogP contribution >= 0.6 is 0 Å². The Hall–Kier alpha value is -4.51. The molecule has 2 fully saturated rings. The van der Waals surface area contributed by atoms with Crippen LogP contribution in [0.5, 0.6) is 0 Å². The fourth-order valence-corrected chi connectivity index (χ4v) is 6.91. The number of likely N-dealkylation sites (N-methyl/N-ethyl adjacent to an activating group) is 1. The predicted octanol–water partition coefficient (Wildman–Crippen LogP) is 3.56. The molecule has 2 aliphatic rings. The summed E-state index contributed by atoms with van der Waals surface area (Å²) in [5.74, 6) is -0.791. The average Bonchev–Trinajstić information content (AvgIpc) is 3.54. The summed E-state index contributed by atoms with van der Waals surface area (Å²) in [7, 11) is 3.77. The van der Waals surface area contributed by atoms with E-state index in [0.717, 1.165) is 57.2 Å². The van der Waals surface area contributed by atoms with Crippen molar-refractivity contribution in [3.63, 3.8) is 0 Å². The second-order valence-corrected chi connectivity index (χ2v) is 13.2. The van der Waals surface area contributed by atoms with Gasteiger partial charge in [-0.05, 0) is 61.6 Å². The van der Waals surface area contributed by atoms with Gasteiger partial charge in [0.05, 0.1) is 0 Å². The molecule has 3 atom stereocenters. The van der Waals surface area contributed by atoms with E-state index in [1.165, 1.54) is 10.2 Å². The topological polar surface area (TPSA) is 129 Å². The van der Waals surface area contributed by atoms with Crippen molar-refractivity contribution in [2.45, 2.75) is 76.4 Å². The highest BCUT2D eigenvalue weighted by Gasteiger charge is 2.35. The summed E-state index contributed by atoms with van der Waals surface area (Å²) in [6, 6.07) is 17.8. The van der Waals surface area contributed by atoms with E-state index in [2.05, 4.69) is 45.1 Å². The molecule has 0 radical (unpaired) electrons. The Morgan fingerprint density at radius 1 is 0.875 bits per heavy atom. The first-order chi connectivity index (χ1) is 23.2. The molecule has 11 nitrogen and oxygen atoms in total. The lowest BCUT2D eigenvalue weighted by atomic mass is 9.83. The number of hydrogen-bond acceptors (Lipinski definition) is 6. The third kappa shape index (κ3) is 9.09. The van der Waals surface area contributed by atoms with Crippen LogP contribution in [0.4, 0.5) is 5.69 Å². The molecule has 1 aliphatic carbocycles. The lowest BCUT2D eigenvalue weighted by Gasteiger charge is -2.41. The van der Waals surface area contributed by atoms with Crippen LogP contribution in [0.2, 0.25) is 0 Å². The van der Waals surface area contributed by atoms with Crippen molar-refractivity contribution in [2.75, 3.05) is 32.0 Å². The predicted molar refractivity (Wildman–Crippen MR) is 185 cm³/mol. The molecule has 3 N–H and O–H groups in total. The van der Waals surface area contributed by atoms with Crippen molar-refractivity contribution in [1.82, 2.24) is 30.2 Å². The first kappa shape index (κ1) is 34.8. The van der Waals surface area contributed by atoms with E-state index in [-0.39, 0.29) is 42.0 Å². The van der Waals surface area contributed by atoms with Crippen LogP contribution in [-0.2, 0) is 34.3 Å². The maximum absolute atomic E-state index is 14.1. The van der Waals surface area contributed by atoms with E-state index in [0.29, 0.717) is 24.3 Å². The van der Waals surface area contributed by atoms with Crippen LogP contribution < -0.4 is 16.0 Å². The van der Waals surface area contributed by atoms with Crippen molar-refractivity contribution in [3.8, 4) is 0 Å². The molecule has 48 heavy (non-hydrogen) atoms. The molecule has 2 heterocycles. The van der Waals surface area contributed by atoms with Gasteiger partial charge in [0.15, 0.2) is 0 Å². The molecule has 4 amide bonds. The number of anilines is 1. The zero-order valence-corrected chi connectivity index (χ0v) is 28.4. The standard InChI is InChI=1S/C37H49N7O4/c1-4-33(45)40-31(37(48)44-22-21-42(2)25-30(44)23-26-11-7-5-8-12-26)24-27-15-17-29(18-16-27)39-36(47)34(28-13-9-6-10-14-28)41-35(46)32-19-20-38-43(32)3/h5,7-8,11-12,15-20,28,30-31,34H,4,6,9-10,13-14,21-25H2,1-3H3,(H,39,47)(H,40,45)(H,41,46)/t30-,31?,34?/m1/s1. The molecule has 2 unspecified atom stereocenters. The van der Waals surface area contributed by atoms with E-state index in [9.17, 15) is 19.2 Å². The fraction of sp³-hybridized carbons (Fsp3) is 0.486. The van der Waals surface area contributed by atoms with E-state index in [1.54, 1.807) is 26.2 Å². The van der Waals surface area contributed by atoms with Crippen LogP contribution in [0.15, 0.2) is 66.9 Å². The summed E-state index contributed by atoms with van der Waals surface area (Å²) in [4.78, 5) is 57.5. The Balaban J connectivity index is 1.27. The molecule has 1 aliphatic heterocycles. The van der Waals surface area contributed by atoms with E-state index in [4.69, 9.17) is 0 Å². The second kappa shape index (κ2) is 16.5. The molecule has 1 saturated heterocycles. The van der Waals surface area contributed by atoms with Crippen molar-refractivity contribution in [1.29, 1.82) is 0 Å². The normalized spacial score (nSPS) is 18.5. The van der Waals surface area contributed by atoms with Crippen LogP contribution in [-0.4, -0.2) is 88.0 Å². The highest BCUT2D eigenvalue weighted by Crippen LogP contribution is 2.28. The van der Waals surface area contributed by atoms with E-state index < -0.39 is 12.1 Å². The van der Waals surface area contributed by atoms with E-state index in [1.807, 2.05) is 47.4 Å². The maximum Gasteiger partial charge on any atom is 0.270 e. The minimum absolute atomic E-state index is 0.00671. The molecule has 2 aromatic carbocycles. The van der Waals surface area contributed by atoms with Gasteiger partial charge in [0.1, 0.15) is 17.8 Å². The number of carbonyl (C=O) groups excluding carboxylic acids is 4. The third-order valence-corrected chi connectivity index (χ3v) is 9.64. The monoisotopic (exact) mass is 655 g/mol. The number of carbonyl (C=O) groups is 4. The fourth-order valence-electron chi connectivity index (χ4n) is 6.91. The summed E-state index contributed by atoms with van der Waals surface area (Å²) >= 11 is 0. The molecule has 256 valence electrons. The van der Waals surface area contributed by atoms with Gasteiger partial charge in [0.25, 0.3) is 5.91 Å². The lowest BCUT2D eigenvalue weighted by molar-refractivity contribution is -0.140. The summed E-state index contributed by atoms with van der Waals surface area (Å²) in [5.41, 5.74) is 3.03. The number of aryl methyl sites for hydroxylation is 1. The Bertz CT molecular complexity index is 1530. The van der Waals surface area contributed by atoms with Gasteiger partial charge in [0.2, 0.25) is 17.7 Å². The first-order valence-electron chi connectivity index (χ1n) is 17.2. The summed E-state index contributed by atoms with van der Waals surface area (Å²) in [6.07, 6.45) is 7.85. The summed E-state index contributed by atoms with van der Waals surface area (Å²) in [6.45, 7) is 3.90. The van der Waals surface area contributed by atoms with Crippen molar-refractivity contribution < 1.29 is 19.2 Å². The van der Waals surface area contributed by atoms with Gasteiger partial charge < -0.3 is 25.8 Å². The Morgan fingerprint density at radius 3 is 2.27 bits per heavy atom. The molecule has 11 heteroatoms. The molecule has 0 spiro atoms. The third-order valence-electron chi connectivity index (χ3n) is 9.64. The number of hydrogen-bond donors (Lipinski definition) is 3. The largest absolute Gasteiger partial charge is 0.344 e. The van der Waals surface area contributed by atoms with Gasteiger partial charge in [-0.15, -0.1) is 0 Å². The SMILES string of the molecule is CCC(=O)NC(Cc1ccc(NC(=O)C(NC(=O)c2ccnn2C)C2CCCCC2)cc1)C(=O)N1CCN(C)C[C@H]1Cc1ccccc1. The minimum atomic E-state index is -0.711. The molecule has 5 rings (SSSR count). The molecule has 0 bridgehead atoms. The molecular weight excluding hydrogens is 606 g/mol. The van der Waals surface area contributed by atoms with Gasteiger partial charge >= 0.3 is 0 Å². The van der Waals surface area contributed by atoms with Crippen LogP contribution in [0.3, 0.4) is 0 Å². The number of nitrogens with one attached hydrogen (secondary N) is 3. The number of aromatic nitrogens is 2. The summed E-state index contributed by atoms with van der Waals surface area (Å²) < 4.78 is 1.50. The molecule has 3 aromatic rings. The number of benzene rings is 2. The van der Waals surface area contributed by atoms with Gasteiger partial charge in [-0.2, -0.15) is 5.10 Å². The number of rotatable bonds is 12. The highest BCUT2D eigenvalue weighted by atomic mass is 16.2. The van der Waals surface area contributed by atoms with Crippen LogP contribution in [0, 0.1) is 5.92 Å². The lowest BCUT2D eigenvalue weighted by Crippen LogP contribution is -2.60. The minimum Gasteiger partial charge on any atom is -0.344 e. The molecule has 1 saturated carbocycles. The van der Waals surface area contributed by atoms with Gasteiger partial charge in [0, 0.05) is 57.4 Å². The van der Waals surface area contributed by atoms with E-state index >= 15 is 0 Å². The second-order valence-electron chi connectivity index (χ2n) is 13.2. The number of amides is 4. The van der Waals surface area contributed by atoms with Gasteiger partial charge in [-0.3, -0.25) is 23.9 Å². The quantitative estimate of drug-likeness (QED) is 0.274. The van der Waals surface area contributed by atoms with Gasteiger partial charge in [-0.1, -0.05) is 68.7 Å². The smallest absolute Gasteiger partial charge is 0.270 e. The van der Waals surface area contributed by atoms with Crippen molar-refractivity contribution >= 4 is 29.3 Å². The zero-order valence-electron chi connectivity index (χ0n) is 28.4. The number of nitrogens with zero attached hydrogens (tertiary/aromatic N) is 4. The molecule has 1 aromatic heterocycles. The summed E-state index contributed by atoms with van der Waals surface area (Å²) in [5, 5.41) is 13.1. The zero-order chi connectivity index (χ0) is 34.0. The van der Waals surface area contributed by atoms with Crippen LogP contribution in [0.1, 0.15) is 67.1 Å². The Kier molecular flexibility index (Phi) is 12.0. The number of piperazine rings is 1. The van der Waals surface area contributed by atoms with Crippen molar-refractivity contribution in [3.05, 3.63) is 83.7 Å². The Labute approximate surface area is 283 Å². The average molecular weight is 656 g/mol. The Morgan fingerprint density at radius 2 is 1.60 bits per heavy atom. The van der Waals surface area contributed by atoms with Crippen LogP contribution in [0.25, 0.3) is 0 Å². The molecular formula is C37H49N7O4.